The van der Waals surface area contributed by atoms with Gasteiger partial charge in [0.1, 0.15) is 0 Å². The first kappa shape index (κ1) is 16.3. The summed E-state index contributed by atoms with van der Waals surface area (Å²) in [6, 6.07) is 5.74. The van der Waals surface area contributed by atoms with Gasteiger partial charge in [-0.15, -0.1) is 12.4 Å². The Morgan fingerprint density at radius 3 is 2.29 bits per heavy atom. The maximum atomic E-state index is 12.5. The van der Waals surface area contributed by atoms with Crippen molar-refractivity contribution in [2.24, 2.45) is 0 Å². The number of nitrogens with zero attached hydrogens (tertiary/aromatic N) is 1. The number of hydrogen-bond acceptors (Lipinski definition) is 1. The first-order chi connectivity index (χ1) is 7.30. The molecule has 1 rings (SSSR count). The highest BCUT2D eigenvalue weighted by Crippen LogP contribution is 2.29. The Labute approximate surface area is 106 Å². The molecule has 0 aromatic heterocycles. The lowest BCUT2D eigenvalue weighted by Crippen LogP contribution is -2.26. The van der Waals surface area contributed by atoms with Gasteiger partial charge in [0.05, 0.1) is 5.56 Å². The standard InChI is InChI=1S/C12H16F3N.ClH/c1-9(16(2)3)7-10-5-4-6-11(8-10)12(13,14)15;/h4-6,8-9H,7H2,1-3H3;1H. The summed E-state index contributed by atoms with van der Waals surface area (Å²) in [5.41, 5.74) is 0.145. The first-order valence-electron chi connectivity index (χ1n) is 5.13. The Morgan fingerprint density at radius 1 is 1.24 bits per heavy atom. The molecule has 1 nitrogen and oxygen atoms in total. The Morgan fingerprint density at radius 2 is 1.82 bits per heavy atom. The Kier molecular flexibility index (Phi) is 5.99. The first-order valence-corrected chi connectivity index (χ1v) is 5.13. The summed E-state index contributed by atoms with van der Waals surface area (Å²) in [5.74, 6) is 0. The van der Waals surface area contributed by atoms with E-state index in [2.05, 4.69) is 0 Å². The van der Waals surface area contributed by atoms with Crippen LogP contribution >= 0.6 is 12.4 Å². The number of alkyl halides is 3. The van der Waals surface area contributed by atoms with E-state index >= 15 is 0 Å². The van der Waals surface area contributed by atoms with Crippen molar-refractivity contribution in [2.45, 2.75) is 25.6 Å². The number of rotatable bonds is 3. The van der Waals surface area contributed by atoms with Crippen molar-refractivity contribution in [1.82, 2.24) is 4.90 Å². The maximum Gasteiger partial charge on any atom is 0.416 e. The lowest BCUT2D eigenvalue weighted by molar-refractivity contribution is -0.137. The highest BCUT2D eigenvalue weighted by Gasteiger charge is 2.30. The van der Waals surface area contributed by atoms with Crippen LogP contribution in [0.3, 0.4) is 0 Å². The van der Waals surface area contributed by atoms with Crippen LogP contribution in [-0.4, -0.2) is 25.0 Å². The van der Waals surface area contributed by atoms with Crippen LogP contribution in [0.25, 0.3) is 0 Å². The van der Waals surface area contributed by atoms with Crippen molar-refractivity contribution in [3.05, 3.63) is 35.4 Å². The molecule has 0 N–H and O–H groups in total. The minimum atomic E-state index is -4.25. The molecule has 1 aromatic carbocycles. The molecule has 0 saturated carbocycles. The van der Waals surface area contributed by atoms with Gasteiger partial charge in [0, 0.05) is 6.04 Å². The quantitative estimate of drug-likeness (QED) is 0.809. The van der Waals surface area contributed by atoms with Gasteiger partial charge < -0.3 is 4.90 Å². The molecular formula is C12H17ClF3N. The molecule has 0 aliphatic carbocycles. The molecular weight excluding hydrogens is 251 g/mol. The zero-order valence-corrected chi connectivity index (χ0v) is 10.9. The van der Waals surface area contributed by atoms with Crippen LogP contribution in [0.1, 0.15) is 18.1 Å². The number of halogens is 4. The summed E-state index contributed by atoms with van der Waals surface area (Å²) in [7, 11) is 3.83. The summed E-state index contributed by atoms with van der Waals surface area (Å²) in [6.07, 6.45) is -3.63. The van der Waals surface area contributed by atoms with Crippen LogP contribution in [0, 0.1) is 0 Å². The number of hydrogen-bond donors (Lipinski definition) is 0. The summed E-state index contributed by atoms with van der Waals surface area (Å²) < 4.78 is 37.4. The predicted octanol–water partition coefficient (Wildman–Crippen LogP) is 3.62. The van der Waals surface area contributed by atoms with Crippen molar-refractivity contribution >= 4 is 12.4 Å². The molecule has 0 aliphatic heterocycles. The Balaban J connectivity index is 0.00000256. The highest BCUT2D eigenvalue weighted by atomic mass is 35.5. The third-order valence-corrected chi connectivity index (χ3v) is 2.67. The molecule has 0 bridgehead atoms. The van der Waals surface area contributed by atoms with E-state index in [-0.39, 0.29) is 18.4 Å². The van der Waals surface area contributed by atoms with Crippen LogP contribution in [0.2, 0.25) is 0 Å². The largest absolute Gasteiger partial charge is 0.416 e. The molecule has 1 atom stereocenters. The zero-order valence-electron chi connectivity index (χ0n) is 10.1. The third-order valence-electron chi connectivity index (χ3n) is 2.67. The molecule has 5 heteroatoms. The van der Waals surface area contributed by atoms with Crippen molar-refractivity contribution in [3.63, 3.8) is 0 Å². The fourth-order valence-electron chi connectivity index (χ4n) is 1.40. The maximum absolute atomic E-state index is 12.5. The van der Waals surface area contributed by atoms with Gasteiger partial charge in [0.25, 0.3) is 0 Å². The monoisotopic (exact) mass is 267 g/mol. The van der Waals surface area contributed by atoms with Crippen LogP contribution in [-0.2, 0) is 12.6 Å². The smallest absolute Gasteiger partial charge is 0.306 e. The van der Waals surface area contributed by atoms with E-state index in [9.17, 15) is 13.2 Å². The van der Waals surface area contributed by atoms with Gasteiger partial charge in [-0.25, -0.2) is 0 Å². The van der Waals surface area contributed by atoms with Gasteiger partial charge in [-0.3, -0.25) is 0 Å². The average Bonchev–Trinajstić information content (AvgIpc) is 2.16. The molecule has 0 amide bonds. The molecule has 17 heavy (non-hydrogen) atoms. The third kappa shape index (κ3) is 4.96. The van der Waals surface area contributed by atoms with Gasteiger partial charge in [-0.05, 0) is 39.1 Å². The summed E-state index contributed by atoms with van der Waals surface area (Å²) in [4.78, 5) is 1.99. The van der Waals surface area contributed by atoms with E-state index in [0.717, 1.165) is 11.6 Å². The molecule has 98 valence electrons. The zero-order chi connectivity index (χ0) is 12.3. The predicted molar refractivity (Wildman–Crippen MR) is 65.5 cm³/mol. The molecule has 0 fully saturated rings. The summed E-state index contributed by atoms with van der Waals surface area (Å²) in [6.45, 7) is 1.99. The minimum absolute atomic E-state index is 0. The Bertz CT molecular complexity index is 350. The molecule has 0 heterocycles. The normalized spacial score (nSPS) is 13.4. The van der Waals surface area contributed by atoms with Crippen molar-refractivity contribution < 1.29 is 13.2 Å². The van der Waals surface area contributed by atoms with E-state index in [1.165, 1.54) is 12.1 Å². The van der Waals surface area contributed by atoms with Crippen molar-refractivity contribution in [3.8, 4) is 0 Å². The van der Waals surface area contributed by atoms with E-state index in [1.54, 1.807) is 6.07 Å². The fraction of sp³-hybridized carbons (Fsp3) is 0.500. The molecule has 0 spiro atoms. The molecule has 0 radical (unpaired) electrons. The summed E-state index contributed by atoms with van der Waals surface area (Å²) in [5, 5.41) is 0. The topological polar surface area (TPSA) is 3.24 Å². The molecule has 1 aromatic rings. The molecule has 0 aliphatic rings. The minimum Gasteiger partial charge on any atom is -0.306 e. The number of benzene rings is 1. The second-order valence-electron chi connectivity index (χ2n) is 4.21. The van der Waals surface area contributed by atoms with Crippen LogP contribution < -0.4 is 0 Å². The van der Waals surface area contributed by atoms with Gasteiger partial charge in [-0.2, -0.15) is 13.2 Å². The lowest BCUT2D eigenvalue weighted by atomic mass is 10.0. The lowest BCUT2D eigenvalue weighted by Gasteiger charge is -2.20. The van der Waals surface area contributed by atoms with E-state index in [0.29, 0.717) is 6.42 Å². The SMILES string of the molecule is CC(Cc1cccc(C(F)(F)F)c1)N(C)C.Cl. The van der Waals surface area contributed by atoms with Gasteiger partial charge in [0.2, 0.25) is 0 Å². The highest BCUT2D eigenvalue weighted by molar-refractivity contribution is 5.85. The second kappa shape index (κ2) is 6.26. The van der Waals surface area contributed by atoms with Crippen LogP contribution in [0.4, 0.5) is 13.2 Å². The van der Waals surface area contributed by atoms with Gasteiger partial charge in [-0.1, -0.05) is 18.2 Å². The van der Waals surface area contributed by atoms with E-state index in [1.807, 2.05) is 25.9 Å². The van der Waals surface area contributed by atoms with Gasteiger partial charge in [0.15, 0.2) is 0 Å². The summed E-state index contributed by atoms with van der Waals surface area (Å²) >= 11 is 0. The van der Waals surface area contributed by atoms with E-state index < -0.39 is 11.7 Å². The van der Waals surface area contributed by atoms with Crippen molar-refractivity contribution in [1.29, 1.82) is 0 Å². The number of likely N-dealkylation sites (N-methyl/N-ethyl adjacent to an activating group) is 1. The van der Waals surface area contributed by atoms with Crippen LogP contribution in [0.15, 0.2) is 24.3 Å². The van der Waals surface area contributed by atoms with E-state index in [4.69, 9.17) is 0 Å². The second-order valence-corrected chi connectivity index (χ2v) is 4.21. The molecule has 0 saturated heterocycles. The van der Waals surface area contributed by atoms with Crippen molar-refractivity contribution in [2.75, 3.05) is 14.1 Å². The molecule has 1 unspecified atom stereocenters. The Hall–Kier alpha value is -0.740. The van der Waals surface area contributed by atoms with Crippen LogP contribution in [0.5, 0.6) is 0 Å². The average molecular weight is 268 g/mol. The van der Waals surface area contributed by atoms with Gasteiger partial charge >= 0.3 is 6.18 Å². The fourth-order valence-corrected chi connectivity index (χ4v) is 1.40.